The van der Waals surface area contributed by atoms with E-state index in [1.54, 1.807) is 0 Å². The van der Waals surface area contributed by atoms with Gasteiger partial charge >= 0.3 is 0 Å². The van der Waals surface area contributed by atoms with Crippen LogP contribution in [0.25, 0.3) is 0 Å². The molecular weight excluding hydrogens is 290 g/mol. The number of carbonyl (C=O) groups is 1. The smallest absolute Gasteiger partial charge is 0.227 e. The first-order valence-electron chi connectivity index (χ1n) is 6.70. The van der Waals surface area contributed by atoms with Crippen molar-refractivity contribution in [1.82, 2.24) is 0 Å². The van der Waals surface area contributed by atoms with E-state index >= 15 is 0 Å². The lowest BCUT2D eigenvalue weighted by atomic mass is 9.88. The van der Waals surface area contributed by atoms with Gasteiger partial charge in [0.25, 0.3) is 0 Å². The molecule has 18 heavy (non-hydrogen) atoms. The minimum atomic E-state index is 0.222. The predicted molar refractivity (Wildman–Crippen MR) is 76.4 cm³/mol. The number of aryl methyl sites for hydroxylation is 1. The highest BCUT2D eigenvalue weighted by molar-refractivity contribution is 9.10. The molecule has 0 spiro atoms. The Hall–Kier alpha value is -0.830. The Morgan fingerprint density at radius 1 is 1.28 bits per heavy atom. The van der Waals surface area contributed by atoms with Crippen molar-refractivity contribution in [1.29, 1.82) is 0 Å². The van der Waals surface area contributed by atoms with Gasteiger partial charge in [0.15, 0.2) is 0 Å². The Morgan fingerprint density at radius 3 is 2.72 bits per heavy atom. The first-order valence-corrected chi connectivity index (χ1v) is 7.49. The molecule has 1 aromatic rings. The Balaban J connectivity index is 1.70. The van der Waals surface area contributed by atoms with Gasteiger partial charge in [-0.1, -0.05) is 22.4 Å². The minimum absolute atomic E-state index is 0.222. The van der Waals surface area contributed by atoms with Crippen LogP contribution in [0.2, 0.25) is 0 Å². The normalized spacial score (nSPS) is 29.6. The molecular formula is C15H18BrNO. The highest BCUT2D eigenvalue weighted by atomic mass is 79.9. The highest BCUT2D eigenvalue weighted by Crippen LogP contribution is 2.48. The lowest BCUT2D eigenvalue weighted by Gasteiger charge is -2.21. The summed E-state index contributed by atoms with van der Waals surface area (Å²) in [4.78, 5) is 12.3. The zero-order chi connectivity index (χ0) is 12.7. The Kier molecular flexibility index (Phi) is 3.18. The summed E-state index contributed by atoms with van der Waals surface area (Å²) in [6, 6.07) is 6.04. The van der Waals surface area contributed by atoms with Crippen LogP contribution >= 0.6 is 15.9 Å². The minimum Gasteiger partial charge on any atom is -0.326 e. The van der Waals surface area contributed by atoms with Gasteiger partial charge in [-0.2, -0.15) is 0 Å². The largest absolute Gasteiger partial charge is 0.326 e. The number of amides is 1. The van der Waals surface area contributed by atoms with Crippen molar-refractivity contribution in [3.8, 4) is 0 Å². The van der Waals surface area contributed by atoms with E-state index in [0.717, 1.165) is 28.1 Å². The summed E-state index contributed by atoms with van der Waals surface area (Å²) >= 11 is 3.47. The van der Waals surface area contributed by atoms with Crippen molar-refractivity contribution in [2.75, 3.05) is 5.32 Å². The van der Waals surface area contributed by atoms with Gasteiger partial charge in [-0.3, -0.25) is 4.79 Å². The maximum atomic E-state index is 12.3. The van der Waals surface area contributed by atoms with Gasteiger partial charge in [-0.05, 0) is 61.8 Å². The summed E-state index contributed by atoms with van der Waals surface area (Å²) in [5, 5.41) is 3.08. The van der Waals surface area contributed by atoms with Crippen LogP contribution in [-0.4, -0.2) is 5.91 Å². The molecule has 0 heterocycles. The molecule has 96 valence electrons. The number of halogens is 1. The second kappa shape index (κ2) is 4.69. The van der Waals surface area contributed by atoms with Crippen LogP contribution in [0.1, 0.15) is 31.2 Å². The molecule has 0 saturated heterocycles. The third-order valence-corrected chi connectivity index (χ3v) is 4.84. The number of rotatable bonds is 2. The lowest BCUT2D eigenvalue weighted by Crippen LogP contribution is -2.27. The van der Waals surface area contributed by atoms with Crippen LogP contribution in [-0.2, 0) is 4.79 Å². The van der Waals surface area contributed by atoms with E-state index in [-0.39, 0.29) is 11.8 Å². The zero-order valence-electron chi connectivity index (χ0n) is 10.6. The van der Waals surface area contributed by atoms with Crippen molar-refractivity contribution in [3.05, 3.63) is 28.2 Å². The number of anilines is 1. The van der Waals surface area contributed by atoms with Gasteiger partial charge in [0.1, 0.15) is 0 Å². The second-order valence-corrected chi connectivity index (χ2v) is 6.70. The zero-order valence-corrected chi connectivity index (χ0v) is 12.2. The fourth-order valence-corrected chi connectivity index (χ4v) is 4.22. The van der Waals surface area contributed by atoms with Crippen molar-refractivity contribution < 1.29 is 4.79 Å². The van der Waals surface area contributed by atoms with Crippen LogP contribution < -0.4 is 5.32 Å². The van der Waals surface area contributed by atoms with Crippen LogP contribution in [0.5, 0.6) is 0 Å². The van der Waals surface area contributed by atoms with Gasteiger partial charge in [-0.25, -0.2) is 0 Å². The molecule has 0 aliphatic heterocycles. The van der Waals surface area contributed by atoms with E-state index in [1.807, 2.05) is 25.1 Å². The fraction of sp³-hybridized carbons (Fsp3) is 0.533. The van der Waals surface area contributed by atoms with Gasteiger partial charge < -0.3 is 5.32 Å². The number of nitrogens with one attached hydrogen (secondary N) is 1. The molecule has 2 aliphatic rings. The topological polar surface area (TPSA) is 29.1 Å². The molecule has 3 atom stereocenters. The third kappa shape index (κ3) is 2.33. The van der Waals surface area contributed by atoms with Gasteiger partial charge in [0.2, 0.25) is 5.91 Å². The molecule has 1 amide bonds. The summed E-state index contributed by atoms with van der Waals surface area (Å²) in [7, 11) is 0. The highest BCUT2D eigenvalue weighted by Gasteiger charge is 2.42. The summed E-state index contributed by atoms with van der Waals surface area (Å²) in [5.74, 6) is 1.93. The molecule has 1 aromatic carbocycles. The molecule has 2 nitrogen and oxygen atoms in total. The summed E-state index contributed by atoms with van der Waals surface area (Å²) in [6.07, 6.45) is 4.96. The number of hydrogen-bond acceptors (Lipinski definition) is 1. The summed E-state index contributed by atoms with van der Waals surface area (Å²) in [5.41, 5.74) is 2.07. The number of fused-ring (bicyclic) bond motifs is 2. The fourth-order valence-electron chi connectivity index (χ4n) is 3.61. The Labute approximate surface area is 116 Å². The second-order valence-electron chi connectivity index (χ2n) is 5.79. The van der Waals surface area contributed by atoms with E-state index in [0.29, 0.717) is 5.92 Å². The van der Waals surface area contributed by atoms with E-state index < -0.39 is 0 Å². The van der Waals surface area contributed by atoms with Crippen molar-refractivity contribution >= 4 is 27.5 Å². The molecule has 3 unspecified atom stereocenters. The Morgan fingerprint density at radius 2 is 2.11 bits per heavy atom. The van der Waals surface area contributed by atoms with Crippen LogP contribution in [0.15, 0.2) is 22.7 Å². The molecule has 3 heteroatoms. The first-order chi connectivity index (χ1) is 8.61. The Bertz CT molecular complexity index is 465. The van der Waals surface area contributed by atoms with Gasteiger partial charge in [0, 0.05) is 16.1 Å². The standard InChI is InChI=1S/C15H18BrNO/c1-9-4-12(16)8-13(5-9)17-15(18)14-7-10-2-3-11(14)6-10/h4-5,8,10-11,14H,2-3,6-7H2,1H3,(H,17,18). The maximum absolute atomic E-state index is 12.3. The van der Waals surface area contributed by atoms with Gasteiger partial charge in [0.05, 0.1) is 0 Å². The van der Waals surface area contributed by atoms with E-state index in [1.165, 1.54) is 19.3 Å². The third-order valence-electron chi connectivity index (χ3n) is 4.38. The van der Waals surface area contributed by atoms with Crippen LogP contribution in [0, 0.1) is 24.7 Å². The summed E-state index contributed by atoms with van der Waals surface area (Å²) in [6.45, 7) is 2.04. The summed E-state index contributed by atoms with van der Waals surface area (Å²) < 4.78 is 1.02. The van der Waals surface area contributed by atoms with E-state index in [4.69, 9.17) is 0 Å². The SMILES string of the molecule is Cc1cc(Br)cc(NC(=O)C2CC3CCC2C3)c1. The number of carbonyl (C=O) groups excluding carboxylic acids is 1. The van der Waals surface area contributed by atoms with Crippen molar-refractivity contribution in [3.63, 3.8) is 0 Å². The average molecular weight is 308 g/mol. The molecule has 0 aromatic heterocycles. The van der Waals surface area contributed by atoms with E-state index in [2.05, 4.69) is 21.2 Å². The van der Waals surface area contributed by atoms with Crippen molar-refractivity contribution in [2.24, 2.45) is 17.8 Å². The average Bonchev–Trinajstić information content (AvgIpc) is 2.88. The van der Waals surface area contributed by atoms with E-state index in [9.17, 15) is 4.79 Å². The van der Waals surface area contributed by atoms with Gasteiger partial charge in [-0.15, -0.1) is 0 Å². The maximum Gasteiger partial charge on any atom is 0.227 e. The molecule has 1 N–H and O–H groups in total. The lowest BCUT2D eigenvalue weighted by molar-refractivity contribution is -0.121. The molecule has 2 saturated carbocycles. The molecule has 2 aliphatic carbocycles. The van der Waals surface area contributed by atoms with Crippen LogP contribution in [0.3, 0.4) is 0 Å². The quantitative estimate of drug-likeness (QED) is 0.874. The van der Waals surface area contributed by atoms with Crippen molar-refractivity contribution in [2.45, 2.75) is 32.6 Å². The number of hydrogen-bond donors (Lipinski definition) is 1. The molecule has 2 fully saturated rings. The number of benzene rings is 1. The molecule has 2 bridgehead atoms. The van der Waals surface area contributed by atoms with Crippen LogP contribution in [0.4, 0.5) is 5.69 Å². The predicted octanol–water partition coefficient (Wildman–Crippen LogP) is 4.13. The monoisotopic (exact) mass is 307 g/mol. The molecule has 0 radical (unpaired) electrons. The molecule has 3 rings (SSSR count). The first kappa shape index (κ1) is 12.2.